The second-order valence-electron chi connectivity index (χ2n) is 3.51. The van der Waals surface area contributed by atoms with Gasteiger partial charge in [-0.2, -0.15) is 4.99 Å². The number of benzene rings is 1. The lowest BCUT2D eigenvalue weighted by Gasteiger charge is -2.07. The summed E-state index contributed by atoms with van der Waals surface area (Å²) in [7, 11) is 1.20. The molecule has 0 aliphatic carbocycles. The number of thioether (sulfide) groups is 1. The van der Waals surface area contributed by atoms with Crippen LogP contribution in [0.4, 0.5) is 4.79 Å². The molecule has 102 valence electrons. The Morgan fingerprint density at radius 3 is 2.68 bits per heavy atom. The number of aromatic hydroxyl groups is 1. The molecule has 0 aliphatic heterocycles. The SMILES string of the molecule is COC(=O)N=C(SC)C(=N)c1cc(O)cc(CO)c1. The van der Waals surface area contributed by atoms with E-state index in [4.69, 9.17) is 10.5 Å². The fourth-order valence-electron chi connectivity index (χ4n) is 1.37. The van der Waals surface area contributed by atoms with Gasteiger partial charge in [0, 0.05) is 5.56 Å². The van der Waals surface area contributed by atoms with Gasteiger partial charge < -0.3 is 14.9 Å². The minimum absolute atomic E-state index is 0.0245. The summed E-state index contributed by atoms with van der Waals surface area (Å²) in [4.78, 5) is 14.7. The average molecular weight is 282 g/mol. The van der Waals surface area contributed by atoms with Crippen LogP contribution in [-0.2, 0) is 11.3 Å². The Kier molecular flexibility index (Phi) is 5.53. The van der Waals surface area contributed by atoms with Gasteiger partial charge in [0.15, 0.2) is 0 Å². The molecule has 1 rings (SSSR count). The van der Waals surface area contributed by atoms with Crippen LogP contribution < -0.4 is 0 Å². The van der Waals surface area contributed by atoms with Gasteiger partial charge in [0.25, 0.3) is 0 Å². The third-order valence-electron chi connectivity index (χ3n) is 2.22. The molecule has 1 aromatic carbocycles. The van der Waals surface area contributed by atoms with Crippen molar-refractivity contribution < 1.29 is 19.7 Å². The zero-order valence-electron chi connectivity index (χ0n) is 10.5. The summed E-state index contributed by atoms with van der Waals surface area (Å²) in [5.74, 6) is -0.0650. The molecule has 0 atom stereocenters. The highest BCUT2D eigenvalue weighted by Crippen LogP contribution is 2.18. The Bertz CT molecular complexity index is 528. The van der Waals surface area contributed by atoms with E-state index in [0.29, 0.717) is 11.1 Å². The summed E-state index contributed by atoms with van der Waals surface area (Å²) in [6, 6.07) is 4.31. The number of carbonyl (C=O) groups excluding carboxylic acids is 1. The highest BCUT2D eigenvalue weighted by Gasteiger charge is 2.13. The Morgan fingerprint density at radius 1 is 1.47 bits per heavy atom. The Morgan fingerprint density at radius 2 is 2.16 bits per heavy atom. The Hall–Kier alpha value is -1.86. The van der Waals surface area contributed by atoms with Crippen LogP contribution in [0, 0.1) is 5.41 Å². The normalized spacial score (nSPS) is 11.2. The van der Waals surface area contributed by atoms with Crippen LogP contribution in [0.1, 0.15) is 11.1 Å². The van der Waals surface area contributed by atoms with Crippen molar-refractivity contribution in [2.75, 3.05) is 13.4 Å². The lowest BCUT2D eigenvalue weighted by atomic mass is 10.1. The minimum atomic E-state index is -0.795. The molecular formula is C12H14N2O4S. The molecule has 7 heteroatoms. The number of hydrogen-bond acceptors (Lipinski definition) is 6. The summed E-state index contributed by atoms with van der Waals surface area (Å²) in [5.41, 5.74) is 0.808. The number of methoxy groups -OCH3 is 1. The first kappa shape index (κ1) is 15.2. The van der Waals surface area contributed by atoms with E-state index in [2.05, 4.69) is 9.73 Å². The van der Waals surface area contributed by atoms with Crippen LogP contribution in [0.15, 0.2) is 23.2 Å². The van der Waals surface area contributed by atoms with Gasteiger partial charge in [-0.15, -0.1) is 11.8 Å². The number of carbonyl (C=O) groups is 1. The number of rotatable bonds is 3. The molecule has 6 nitrogen and oxygen atoms in total. The fraction of sp³-hybridized carbons (Fsp3) is 0.250. The third-order valence-corrected chi connectivity index (χ3v) is 2.91. The lowest BCUT2D eigenvalue weighted by molar-refractivity contribution is 0.183. The van der Waals surface area contributed by atoms with Gasteiger partial charge in [0.2, 0.25) is 0 Å². The molecular weight excluding hydrogens is 268 g/mol. The molecule has 19 heavy (non-hydrogen) atoms. The van der Waals surface area contributed by atoms with E-state index in [1.165, 1.54) is 19.2 Å². The molecule has 0 bridgehead atoms. The zero-order valence-corrected chi connectivity index (χ0v) is 11.3. The molecule has 1 amide bonds. The summed E-state index contributed by atoms with van der Waals surface area (Å²) in [5, 5.41) is 26.7. The zero-order chi connectivity index (χ0) is 14.4. The molecule has 1 aromatic rings. The Labute approximate surface area is 114 Å². The topological polar surface area (TPSA) is 103 Å². The van der Waals surface area contributed by atoms with Gasteiger partial charge in [0.1, 0.15) is 10.8 Å². The maximum Gasteiger partial charge on any atom is 0.434 e. The Balaban J connectivity index is 3.14. The summed E-state index contributed by atoms with van der Waals surface area (Å²) < 4.78 is 4.41. The standard InChI is InChI=1S/C12H14N2O4S/c1-18-12(17)14-11(19-2)10(13)8-3-7(6-15)4-9(16)5-8/h3-5,13,15-16H,6H2,1-2H3. The maximum atomic E-state index is 11.1. The van der Waals surface area contributed by atoms with Gasteiger partial charge >= 0.3 is 6.09 Å². The first-order valence-corrected chi connectivity index (χ1v) is 6.48. The molecule has 0 fully saturated rings. The van der Waals surface area contributed by atoms with Crippen molar-refractivity contribution in [3.63, 3.8) is 0 Å². The van der Waals surface area contributed by atoms with E-state index in [0.717, 1.165) is 11.8 Å². The van der Waals surface area contributed by atoms with Crippen molar-refractivity contribution in [2.24, 2.45) is 4.99 Å². The quantitative estimate of drug-likeness (QED) is 0.579. The number of nitrogens with zero attached hydrogens (tertiary/aromatic N) is 1. The second kappa shape index (κ2) is 6.91. The first-order valence-electron chi connectivity index (χ1n) is 5.25. The van der Waals surface area contributed by atoms with Crippen LogP contribution in [0.3, 0.4) is 0 Å². The molecule has 0 aromatic heterocycles. The van der Waals surface area contributed by atoms with E-state index in [1.54, 1.807) is 12.3 Å². The molecule has 0 spiro atoms. The van der Waals surface area contributed by atoms with Gasteiger partial charge in [-0.25, -0.2) is 4.79 Å². The van der Waals surface area contributed by atoms with Crippen molar-refractivity contribution in [1.82, 2.24) is 0 Å². The summed E-state index contributed by atoms with van der Waals surface area (Å²) >= 11 is 1.12. The predicted molar refractivity (Wildman–Crippen MR) is 74.2 cm³/mol. The smallest absolute Gasteiger partial charge is 0.434 e. The monoisotopic (exact) mass is 282 g/mol. The van der Waals surface area contributed by atoms with E-state index >= 15 is 0 Å². The number of aliphatic imine (C=N–C) groups is 1. The number of aliphatic hydroxyl groups excluding tert-OH is 1. The van der Waals surface area contributed by atoms with E-state index in [1.807, 2.05) is 0 Å². The number of phenolic OH excluding ortho intramolecular Hbond substituents is 1. The molecule has 0 radical (unpaired) electrons. The molecule has 3 N–H and O–H groups in total. The van der Waals surface area contributed by atoms with Crippen molar-refractivity contribution in [1.29, 1.82) is 5.41 Å². The minimum Gasteiger partial charge on any atom is -0.508 e. The van der Waals surface area contributed by atoms with Crippen molar-refractivity contribution in [3.8, 4) is 5.75 Å². The first-order chi connectivity index (χ1) is 9.01. The van der Waals surface area contributed by atoms with Gasteiger partial charge in [-0.05, 0) is 30.0 Å². The molecule has 0 heterocycles. The largest absolute Gasteiger partial charge is 0.508 e. The highest BCUT2D eigenvalue weighted by atomic mass is 32.2. The van der Waals surface area contributed by atoms with Crippen LogP contribution in [0.25, 0.3) is 0 Å². The van der Waals surface area contributed by atoms with Crippen LogP contribution in [-0.4, -0.2) is 40.4 Å². The summed E-state index contributed by atoms with van der Waals surface area (Å²) in [6.45, 7) is -0.253. The van der Waals surface area contributed by atoms with Crippen molar-refractivity contribution in [2.45, 2.75) is 6.61 Å². The molecule has 0 aliphatic rings. The van der Waals surface area contributed by atoms with Crippen molar-refractivity contribution >= 4 is 28.6 Å². The van der Waals surface area contributed by atoms with E-state index in [9.17, 15) is 9.90 Å². The second-order valence-corrected chi connectivity index (χ2v) is 4.31. The number of hydrogen-bond donors (Lipinski definition) is 3. The average Bonchev–Trinajstić information content (AvgIpc) is 2.42. The number of amides is 1. The van der Waals surface area contributed by atoms with Crippen LogP contribution in [0.2, 0.25) is 0 Å². The van der Waals surface area contributed by atoms with E-state index in [-0.39, 0.29) is 23.1 Å². The fourth-order valence-corrected chi connectivity index (χ4v) is 1.85. The molecule has 0 saturated carbocycles. The molecule has 0 unspecified atom stereocenters. The van der Waals surface area contributed by atoms with Gasteiger partial charge in [-0.1, -0.05) is 0 Å². The van der Waals surface area contributed by atoms with Gasteiger partial charge in [-0.3, -0.25) is 5.41 Å². The number of ether oxygens (including phenoxy) is 1. The third kappa shape index (κ3) is 4.08. The van der Waals surface area contributed by atoms with Crippen LogP contribution >= 0.6 is 11.8 Å². The maximum absolute atomic E-state index is 11.1. The van der Waals surface area contributed by atoms with E-state index < -0.39 is 6.09 Å². The number of aliphatic hydroxyl groups is 1. The van der Waals surface area contributed by atoms with Gasteiger partial charge in [0.05, 0.1) is 19.4 Å². The summed E-state index contributed by atoms with van der Waals surface area (Å²) in [6.07, 6.45) is 0.878. The molecule has 0 saturated heterocycles. The predicted octanol–water partition coefficient (Wildman–Crippen LogP) is 1.78. The van der Waals surface area contributed by atoms with Crippen molar-refractivity contribution in [3.05, 3.63) is 29.3 Å². The highest BCUT2D eigenvalue weighted by molar-refractivity contribution is 8.15. The van der Waals surface area contributed by atoms with Crippen LogP contribution in [0.5, 0.6) is 5.75 Å². The number of nitrogens with one attached hydrogen (secondary N) is 1. The lowest BCUT2D eigenvalue weighted by Crippen LogP contribution is -2.13. The number of phenols is 1.